The van der Waals surface area contributed by atoms with Crippen molar-refractivity contribution in [3.63, 3.8) is 0 Å². The molecular weight excluding hydrogens is 777 g/mol. The van der Waals surface area contributed by atoms with Gasteiger partial charge in [-0.2, -0.15) is 0 Å². The van der Waals surface area contributed by atoms with Gasteiger partial charge in [-0.05, 0) is 98.8 Å². The van der Waals surface area contributed by atoms with Crippen LogP contribution in [0.15, 0.2) is 162 Å². The van der Waals surface area contributed by atoms with Gasteiger partial charge in [0.2, 0.25) is 5.52 Å². The van der Waals surface area contributed by atoms with E-state index < -0.39 is 20.2 Å². The molecule has 15 heteroatoms. The number of amides is 1. The lowest BCUT2D eigenvalue weighted by Crippen LogP contribution is -2.28. The van der Waals surface area contributed by atoms with Crippen molar-refractivity contribution in [2.75, 3.05) is 21.7 Å². The molecule has 1 amide bonds. The van der Waals surface area contributed by atoms with Crippen LogP contribution in [0.3, 0.4) is 0 Å². The first-order valence-electron chi connectivity index (χ1n) is 17.7. The van der Waals surface area contributed by atoms with Crippen molar-refractivity contribution in [3.8, 4) is 0 Å². The van der Waals surface area contributed by atoms with Crippen LogP contribution in [0.5, 0.6) is 0 Å². The molecule has 0 aliphatic carbocycles. The molecule has 0 fully saturated rings. The minimum absolute atomic E-state index is 0.164. The molecule has 2 aromatic heterocycles. The summed E-state index contributed by atoms with van der Waals surface area (Å²) in [5.74, 6) is -0.164. The fourth-order valence-corrected chi connectivity index (χ4v) is 6.34. The van der Waals surface area contributed by atoms with Gasteiger partial charge in [-0.1, -0.05) is 35.4 Å². The van der Waals surface area contributed by atoms with Crippen LogP contribution in [0.25, 0.3) is 10.9 Å². The van der Waals surface area contributed by atoms with Crippen molar-refractivity contribution in [2.24, 2.45) is 14.1 Å². The molecular formula is C43H42N6O7S2. The molecule has 298 valence electrons. The first-order valence-corrected chi connectivity index (χ1v) is 20.5. The highest BCUT2D eigenvalue weighted by molar-refractivity contribution is 7.86. The third kappa shape index (κ3) is 12.2. The topological polar surface area (TPSA) is 201 Å². The van der Waals surface area contributed by atoms with Gasteiger partial charge in [0, 0.05) is 52.6 Å². The molecule has 2 heterocycles. The van der Waals surface area contributed by atoms with E-state index in [-0.39, 0.29) is 15.7 Å². The van der Waals surface area contributed by atoms with Crippen LogP contribution >= 0.6 is 0 Å². The standard InChI is InChI=1S/C29H26N6O.2C7H8O3S/c1-34-16-13-25(14-17-34)31-22-8-10-24(11-9-22)33-29(36)20-3-6-23(7-4-20)32-27-15-18-35(2)28-12-5-21(30)19-26(27)28;2*1-6-2-4-7(5-3-6)11(8,9)10/h3-19H,30H2,1-2H3,(H,33,36);2*2-5H,1H3,(H,8,9,10). The molecule has 0 unspecified atom stereocenters. The van der Waals surface area contributed by atoms with Gasteiger partial charge in [-0.25, -0.2) is 26.0 Å². The minimum atomic E-state index is -4.27. The van der Waals surface area contributed by atoms with Gasteiger partial charge >= 0.3 is 0 Å². The Morgan fingerprint density at radius 2 is 1.03 bits per heavy atom. The van der Waals surface area contributed by atoms with Crippen LogP contribution in [-0.4, -0.2) is 31.8 Å². The fraction of sp³-hybridized carbons (Fsp3) is 0.0930. The second-order valence-corrected chi connectivity index (χ2v) is 16.0. The number of aromatic nitrogens is 2. The van der Waals surface area contributed by atoms with Crippen LogP contribution < -0.4 is 30.8 Å². The molecule has 0 aliphatic rings. The molecule has 7 rings (SSSR count). The molecule has 13 nitrogen and oxygen atoms in total. The van der Waals surface area contributed by atoms with Crippen LogP contribution in [0.2, 0.25) is 0 Å². The molecule has 5 N–H and O–H groups in total. The maximum atomic E-state index is 12.8. The zero-order chi connectivity index (χ0) is 42.0. The quantitative estimate of drug-likeness (QED) is 0.0735. The summed E-state index contributed by atoms with van der Waals surface area (Å²) < 4.78 is 66.4. The summed E-state index contributed by atoms with van der Waals surface area (Å²) in [5, 5.41) is 10.8. The Kier molecular flexibility index (Phi) is 13.6. The Balaban J connectivity index is 0.000000236. The van der Waals surface area contributed by atoms with Gasteiger partial charge in [0.05, 0.1) is 26.6 Å². The summed E-state index contributed by atoms with van der Waals surface area (Å²) >= 11 is 0. The Bertz CT molecular complexity index is 2660. The Labute approximate surface area is 338 Å². The van der Waals surface area contributed by atoms with Crippen LogP contribution in [0.1, 0.15) is 21.5 Å². The van der Waals surface area contributed by atoms with E-state index in [0.29, 0.717) is 11.3 Å². The van der Waals surface area contributed by atoms with E-state index in [9.17, 15) is 30.7 Å². The third-order valence-electron chi connectivity index (χ3n) is 8.61. The van der Waals surface area contributed by atoms with Gasteiger partial charge in [-0.3, -0.25) is 4.79 Å². The molecule has 0 saturated carbocycles. The minimum Gasteiger partial charge on any atom is -0.744 e. The SMILES string of the molecule is C[n+]1ccc(Nc2ccc(NC(=O)c3ccc(Nc4cc[n+](C)c5ccc(N)cc45)cc3)cc2)cc1.Cc1ccc(S(=O)(=O)[O-])cc1.Cc1ccc(S(=O)(=O)[O-])cc1. The number of benzene rings is 5. The largest absolute Gasteiger partial charge is 0.744 e. The average molecular weight is 819 g/mol. The number of carbonyl (C=O) groups excluding carboxylic acids is 1. The summed E-state index contributed by atoms with van der Waals surface area (Å²) in [6, 6.07) is 38.5. The lowest BCUT2D eigenvalue weighted by molar-refractivity contribution is -0.671. The smallest absolute Gasteiger partial charge is 0.255 e. The van der Waals surface area contributed by atoms with E-state index >= 15 is 0 Å². The molecule has 0 saturated heterocycles. The Morgan fingerprint density at radius 1 is 0.569 bits per heavy atom. The lowest BCUT2D eigenvalue weighted by Gasteiger charge is -2.11. The number of rotatable bonds is 8. The van der Waals surface area contributed by atoms with Crippen molar-refractivity contribution in [3.05, 3.63) is 169 Å². The fourth-order valence-electron chi connectivity index (χ4n) is 5.40. The molecule has 0 atom stereocenters. The number of nitrogens with one attached hydrogen (secondary N) is 3. The molecule has 0 aliphatic heterocycles. The van der Waals surface area contributed by atoms with Gasteiger partial charge in [0.15, 0.2) is 18.6 Å². The number of carbonyl (C=O) groups is 1. The van der Waals surface area contributed by atoms with E-state index in [4.69, 9.17) is 5.73 Å². The molecule has 58 heavy (non-hydrogen) atoms. The van der Waals surface area contributed by atoms with Crippen molar-refractivity contribution in [1.29, 1.82) is 0 Å². The van der Waals surface area contributed by atoms with Crippen molar-refractivity contribution < 1.29 is 39.9 Å². The van der Waals surface area contributed by atoms with Crippen molar-refractivity contribution >= 4 is 71.2 Å². The number of nitrogen functional groups attached to an aromatic ring is 1. The van der Waals surface area contributed by atoms with Gasteiger partial charge in [0.25, 0.3) is 5.91 Å². The summed E-state index contributed by atoms with van der Waals surface area (Å²) in [7, 11) is -4.56. The van der Waals surface area contributed by atoms with Crippen LogP contribution in [0.4, 0.5) is 34.1 Å². The van der Waals surface area contributed by atoms with E-state index in [0.717, 1.165) is 50.5 Å². The number of anilines is 6. The summed E-state index contributed by atoms with van der Waals surface area (Å²) in [4.78, 5) is 12.4. The zero-order valence-corrected chi connectivity index (χ0v) is 33.7. The highest BCUT2D eigenvalue weighted by atomic mass is 32.2. The van der Waals surface area contributed by atoms with E-state index in [1.54, 1.807) is 24.3 Å². The number of fused-ring (bicyclic) bond motifs is 1. The maximum Gasteiger partial charge on any atom is 0.255 e. The molecule has 0 bridgehead atoms. The first kappa shape index (κ1) is 42.5. The predicted molar refractivity (Wildman–Crippen MR) is 223 cm³/mol. The highest BCUT2D eigenvalue weighted by Gasteiger charge is 2.12. The van der Waals surface area contributed by atoms with Crippen LogP contribution in [-0.2, 0) is 34.3 Å². The number of pyridine rings is 2. The van der Waals surface area contributed by atoms with Gasteiger partial charge in [-0.15, -0.1) is 0 Å². The summed E-state index contributed by atoms with van der Waals surface area (Å²) in [6.07, 6.45) is 5.97. The summed E-state index contributed by atoms with van der Waals surface area (Å²) in [5.41, 5.74) is 14.7. The number of hydrogen-bond acceptors (Lipinski definition) is 10. The normalized spacial score (nSPS) is 11.0. The third-order valence-corrected chi connectivity index (χ3v) is 10.3. The van der Waals surface area contributed by atoms with Gasteiger partial charge < -0.3 is 30.8 Å². The molecule has 7 aromatic rings. The number of nitrogens with zero attached hydrogens (tertiary/aromatic N) is 2. The maximum absolute atomic E-state index is 12.8. The Morgan fingerprint density at radius 3 is 1.55 bits per heavy atom. The number of nitrogens with two attached hydrogens (primary N) is 1. The Hall–Kier alpha value is -6.65. The van der Waals surface area contributed by atoms with E-state index in [1.807, 2.05) is 136 Å². The van der Waals surface area contributed by atoms with Crippen LogP contribution in [0, 0.1) is 13.8 Å². The number of hydrogen-bond donors (Lipinski definition) is 4. The van der Waals surface area contributed by atoms with E-state index in [2.05, 4.69) is 20.5 Å². The second-order valence-electron chi connectivity index (χ2n) is 13.3. The second kappa shape index (κ2) is 18.5. The molecule has 0 radical (unpaired) electrons. The molecule has 5 aromatic carbocycles. The first-order chi connectivity index (χ1) is 27.4. The summed E-state index contributed by atoms with van der Waals surface area (Å²) in [6.45, 7) is 3.64. The van der Waals surface area contributed by atoms with E-state index in [1.165, 1.54) is 24.3 Å². The van der Waals surface area contributed by atoms with Crippen molar-refractivity contribution in [1.82, 2.24) is 0 Å². The monoisotopic (exact) mass is 818 g/mol. The average Bonchev–Trinajstić information content (AvgIpc) is 3.18. The molecule has 0 spiro atoms. The highest BCUT2D eigenvalue weighted by Crippen LogP contribution is 2.26. The predicted octanol–water partition coefficient (Wildman–Crippen LogP) is 6.61. The number of aryl methyl sites for hydroxylation is 4. The van der Waals surface area contributed by atoms with Gasteiger partial charge in [0.1, 0.15) is 34.3 Å². The zero-order valence-electron chi connectivity index (χ0n) is 32.1. The lowest BCUT2D eigenvalue weighted by atomic mass is 10.1. The van der Waals surface area contributed by atoms with Crippen molar-refractivity contribution in [2.45, 2.75) is 23.6 Å².